The highest BCUT2D eigenvalue weighted by Gasteiger charge is 2.26. The van der Waals surface area contributed by atoms with Crippen LogP contribution in [0.3, 0.4) is 0 Å². The van der Waals surface area contributed by atoms with E-state index in [4.69, 9.17) is 15.6 Å². The Kier molecular flexibility index (Phi) is 9.56. The van der Waals surface area contributed by atoms with Gasteiger partial charge >= 0.3 is 11.9 Å². The van der Waals surface area contributed by atoms with Crippen LogP contribution in [0.15, 0.2) is 43.0 Å². The van der Waals surface area contributed by atoms with Crippen LogP contribution in [0, 0.1) is 17.6 Å². The highest BCUT2D eigenvalue weighted by atomic mass is 19.1. The van der Waals surface area contributed by atoms with Gasteiger partial charge in [0.2, 0.25) is 0 Å². The van der Waals surface area contributed by atoms with E-state index in [1.54, 1.807) is 19.2 Å². The first-order chi connectivity index (χ1) is 21.6. The molecular formula is C30H32F2N8O5. The van der Waals surface area contributed by atoms with E-state index in [0.29, 0.717) is 35.0 Å². The molecule has 236 valence electrons. The van der Waals surface area contributed by atoms with Gasteiger partial charge in [-0.3, -0.25) is 19.4 Å². The second-order valence-electron chi connectivity index (χ2n) is 11.1. The van der Waals surface area contributed by atoms with Crippen LogP contribution in [-0.4, -0.2) is 66.0 Å². The van der Waals surface area contributed by atoms with Gasteiger partial charge in [-0.05, 0) is 55.4 Å². The van der Waals surface area contributed by atoms with Crippen molar-refractivity contribution in [2.75, 3.05) is 5.32 Å². The quantitative estimate of drug-likeness (QED) is 0.154. The first-order valence-electron chi connectivity index (χ1n) is 14.4. The largest absolute Gasteiger partial charge is 0.480 e. The molecular weight excluding hydrogens is 590 g/mol. The minimum atomic E-state index is -1.20. The molecule has 4 aromatic rings. The molecule has 0 bridgehead atoms. The van der Waals surface area contributed by atoms with E-state index < -0.39 is 41.4 Å². The number of aliphatic carboxylic acids is 1. The number of pyridine rings is 2. The average Bonchev–Trinajstić information content (AvgIpc) is 3.44. The number of carboxylic acids is 1. The Morgan fingerprint density at radius 2 is 1.96 bits per heavy atom. The van der Waals surface area contributed by atoms with Gasteiger partial charge in [0.05, 0.1) is 18.8 Å². The van der Waals surface area contributed by atoms with Gasteiger partial charge in [0.15, 0.2) is 17.5 Å². The lowest BCUT2D eigenvalue weighted by atomic mass is 9.91. The number of nitrogens with one attached hydrogen (secondary N) is 3. The number of esters is 1. The Labute approximate surface area is 256 Å². The van der Waals surface area contributed by atoms with E-state index >= 15 is 0 Å². The summed E-state index contributed by atoms with van der Waals surface area (Å²) in [7, 11) is 0. The number of nitrogens with zero attached hydrogens (tertiary/aromatic N) is 4. The topological polar surface area (TPSA) is 198 Å². The molecule has 0 radical (unpaired) electrons. The van der Waals surface area contributed by atoms with Crippen LogP contribution in [-0.2, 0) is 20.9 Å². The molecule has 13 nitrogen and oxygen atoms in total. The fourth-order valence-electron chi connectivity index (χ4n) is 5.21. The molecule has 0 saturated heterocycles. The van der Waals surface area contributed by atoms with Crippen molar-refractivity contribution in [1.29, 1.82) is 0 Å². The van der Waals surface area contributed by atoms with Crippen LogP contribution < -0.4 is 16.4 Å². The second-order valence-corrected chi connectivity index (χ2v) is 11.1. The van der Waals surface area contributed by atoms with Crippen LogP contribution in [0.2, 0.25) is 0 Å². The summed E-state index contributed by atoms with van der Waals surface area (Å²) in [5.74, 6) is -3.79. The van der Waals surface area contributed by atoms with Gasteiger partial charge in [-0.15, -0.1) is 0 Å². The van der Waals surface area contributed by atoms with E-state index in [0.717, 1.165) is 25.2 Å². The normalized spacial score (nSPS) is 17.8. The monoisotopic (exact) mass is 622 g/mol. The molecule has 1 aliphatic carbocycles. The number of ether oxygens (including phenoxy) is 1. The highest BCUT2D eigenvalue weighted by molar-refractivity contribution is 5.93. The maximum absolute atomic E-state index is 14.7. The molecule has 1 saturated carbocycles. The standard InChI is InChI=1S/C30H32F2N8O5/c1-15(25(33)30(43)44)7-24(41)45-14-16-5-6-34-23(8-16)29(42)39-19-4-2-3-18(10-19)38-28-22(32)13-37-27(40-28)21-12-36-26-20(21)9-17(31)11-35-26/h5-6,8-9,11-13,15,18-19,25H,2-4,7,10,14,33H2,1H3,(H,35,36)(H,39,42)(H,43,44)(H,37,38,40)/t15?,18-,19+,25+/m0/s1. The molecule has 0 spiro atoms. The van der Waals surface area contributed by atoms with E-state index in [-0.39, 0.29) is 42.4 Å². The molecule has 6 N–H and O–H groups in total. The summed E-state index contributed by atoms with van der Waals surface area (Å²) in [6, 6.07) is 2.82. The number of carbonyl (C=O) groups excluding carboxylic acids is 2. The molecule has 1 unspecified atom stereocenters. The number of H-pyrrole nitrogens is 1. The number of carbonyl (C=O) groups is 3. The predicted octanol–water partition coefficient (Wildman–Crippen LogP) is 3.33. The number of amides is 1. The zero-order chi connectivity index (χ0) is 32.1. The third-order valence-corrected chi connectivity index (χ3v) is 7.68. The second kappa shape index (κ2) is 13.7. The molecule has 4 heterocycles. The van der Waals surface area contributed by atoms with Crippen LogP contribution in [0.4, 0.5) is 14.6 Å². The number of rotatable bonds is 11. The number of halogens is 2. The lowest BCUT2D eigenvalue weighted by molar-refractivity contribution is -0.147. The van der Waals surface area contributed by atoms with Crippen molar-refractivity contribution >= 4 is 34.7 Å². The van der Waals surface area contributed by atoms with Crippen molar-refractivity contribution in [1.82, 2.24) is 30.2 Å². The maximum Gasteiger partial charge on any atom is 0.320 e. The van der Waals surface area contributed by atoms with Gasteiger partial charge in [0, 0.05) is 35.4 Å². The molecule has 15 heteroatoms. The van der Waals surface area contributed by atoms with Crippen molar-refractivity contribution in [3.63, 3.8) is 0 Å². The molecule has 0 aromatic carbocycles. The zero-order valence-corrected chi connectivity index (χ0v) is 24.3. The lowest BCUT2D eigenvalue weighted by Crippen LogP contribution is -2.42. The van der Waals surface area contributed by atoms with E-state index in [1.807, 2.05) is 0 Å². The fourth-order valence-corrected chi connectivity index (χ4v) is 5.21. The Morgan fingerprint density at radius 1 is 1.16 bits per heavy atom. The first-order valence-corrected chi connectivity index (χ1v) is 14.4. The van der Waals surface area contributed by atoms with Gasteiger partial charge < -0.3 is 31.2 Å². The summed E-state index contributed by atoms with van der Waals surface area (Å²) >= 11 is 0. The first kappa shape index (κ1) is 31.4. The maximum atomic E-state index is 14.7. The summed E-state index contributed by atoms with van der Waals surface area (Å²) < 4.78 is 33.8. The molecule has 0 aliphatic heterocycles. The minimum Gasteiger partial charge on any atom is -0.480 e. The summed E-state index contributed by atoms with van der Waals surface area (Å²) in [4.78, 5) is 55.7. The number of hydrogen-bond acceptors (Lipinski definition) is 10. The smallest absolute Gasteiger partial charge is 0.320 e. The zero-order valence-electron chi connectivity index (χ0n) is 24.3. The number of fused-ring (bicyclic) bond motifs is 1. The van der Waals surface area contributed by atoms with Gasteiger partial charge in [0.1, 0.15) is 29.8 Å². The Morgan fingerprint density at radius 3 is 2.76 bits per heavy atom. The van der Waals surface area contributed by atoms with Crippen molar-refractivity contribution in [2.24, 2.45) is 11.7 Å². The van der Waals surface area contributed by atoms with Gasteiger partial charge in [-0.25, -0.2) is 23.7 Å². The molecule has 4 aromatic heterocycles. The third-order valence-electron chi connectivity index (χ3n) is 7.68. The van der Waals surface area contributed by atoms with E-state index in [1.165, 1.54) is 18.3 Å². The van der Waals surface area contributed by atoms with Crippen LogP contribution >= 0.6 is 0 Å². The number of hydrogen-bond donors (Lipinski definition) is 5. The minimum absolute atomic E-state index is 0.000980. The molecule has 1 fully saturated rings. The fraction of sp³-hybridized carbons (Fsp3) is 0.367. The number of aromatic amines is 1. The van der Waals surface area contributed by atoms with Crippen molar-refractivity contribution < 1.29 is 33.0 Å². The van der Waals surface area contributed by atoms with Crippen molar-refractivity contribution in [3.05, 3.63) is 65.9 Å². The van der Waals surface area contributed by atoms with E-state index in [2.05, 4.69) is 35.6 Å². The summed E-state index contributed by atoms with van der Waals surface area (Å²) in [5.41, 5.74) is 7.15. The van der Waals surface area contributed by atoms with Crippen LogP contribution in [0.5, 0.6) is 0 Å². The Bertz CT molecular complexity index is 1720. The predicted molar refractivity (Wildman–Crippen MR) is 158 cm³/mol. The SMILES string of the molecule is CC(CC(=O)OCc1ccnc(C(=O)N[C@@H]2CCC[C@H](Nc3nc(-c4c[nH]c5ncc(F)cc45)ncc3F)C2)c1)[C@@H](N)C(=O)O. The summed E-state index contributed by atoms with van der Waals surface area (Å²) in [6.07, 6.45) is 7.71. The van der Waals surface area contributed by atoms with Crippen molar-refractivity contribution in [3.8, 4) is 11.4 Å². The average molecular weight is 623 g/mol. The summed E-state index contributed by atoms with van der Waals surface area (Å²) in [6.45, 7) is 1.43. The molecule has 4 atom stereocenters. The van der Waals surface area contributed by atoms with Gasteiger partial charge in [0.25, 0.3) is 5.91 Å². The lowest BCUT2D eigenvalue weighted by Gasteiger charge is -2.30. The third kappa shape index (κ3) is 7.73. The van der Waals surface area contributed by atoms with Gasteiger partial charge in [-0.1, -0.05) is 6.92 Å². The number of aromatic nitrogens is 5. The molecule has 1 aliphatic rings. The molecule has 1 amide bonds. The van der Waals surface area contributed by atoms with Crippen LogP contribution in [0.1, 0.15) is 55.1 Å². The van der Waals surface area contributed by atoms with E-state index in [9.17, 15) is 23.2 Å². The Balaban J connectivity index is 1.17. The summed E-state index contributed by atoms with van der Waals surface area (Å²) in [5, 5.41) is 15.6. The van der Waals surface area contributed by atoms with Crippen molar-refractivity contribution in [2.45, 2.75) is 63.8 Å². The number of anilines is 1. The van der Waals surface area contributed by atoms with Crippen LogP contribution in [0.25, 0.3) is 22.4 Å². The molecule has 45 heavy (non-hydrogen) atoms. The Hall–Kier alpha value is -5.05. The molecule has 5 rings (SSSR count). The number of nitrogens with two attached hydrogens (primary N) is 1. The highest BCUT2D eigenvalue weighted by Crippen LogP contribution is 2.28. The number of carboxylic acid groups (broad SMARTS) is 1. The van der Waals surface area contributed by atoms with Gasteiger partial charge in [-0.2, -0.15) is 0 Å².